The van der Waals surface area contributed by atoms with E-state index in [0.29, 0.717) is 24.5 Å². The van der Waals surface area contributed by atoms with Gasteiger partial charge in [0.05, 0.1) is 7.11 Å². The number of aromatic nitrogens is 1. The first-order chi connectivity index (χ1) is 15.2. The molecule has 0 saturated heterocycles. The molecule has 0 N–H and O–H groups in total. The summed E-state index contributed by atoms with van der Waals surface area (Å²) in [6, 6.07) is 27.5. The van der Waals surface area contributed by atoms with Gasteiger partial charge in [-0.1, -0.05) is 72.8 Å². The van der Waals surface area contributed by atoms with Crippen molar-refractivity contribution in [3.8, 4) is 28.3 Å². The summed E-state index contributed by atoms with van der Waals surface area (Å²) >= 11 is 0. The van der Waals surface area contributed by atoms with Gasteiger partial charge in [0.1, 0.15) is 11.4 Å². The number of aryl methyl sites for hydroxylation is 1. The van der Waals surface area contributed by atoms with Gasteiger partial charge in [-0.2, -0.15) is 0 Å². The number of hydrogen-bond donors (Lipinski definition) is 0. The molecule has 1 aromatic heterocycles. The highest BCUT2D eigenvalue weighted by Gasteiger charge is 2.17. The van der Waals surface area contributed by atoms with Gasteiger partial charge in [0.25, 0.3) is 0 Å². The van der Waals surface area contributed by atoms with Crippen molar-refractivity contribution < 1.29 is 18.7 Å². The normalized spacial score (nSPS) is 10.6. The SMILES string of the molecule is COC(=O)CCc1cccc(OCc2nc(-c3ccccc3)c(-c3ccccc3)o2)c1. The molecule has 0 aliphatic heterocycles. The van der Waals surface area contributed by atoms with Crippen molar-refractivity contribution in [1.82, 2.24) is 4.98 Å². The van der Waals surface area contributed by atoms with Crippen molar-refractivity contribution in [2.45, 2.75) is 19.4 Å². The highest BCUT2D eigenvalue weighted by Crippen LogP contribution is 2.32. The first-order valence-corrected chi connectivity index (χ1v) is 10.1. The number of rotatable bonds is 8. The van der Waals surface area contributed by atoms with Crippen molar-refractivity contribution in [2.75, 3.05) is 7.11 Å². The molecule has 0 saturated carbocycles. The van der Waals surface area contributed by atoms with Crippen LogP contribution in [-0.4, -0.2) is 18.1 Å². The van der Waals surface area contributed by atoms with Crippen LogP contribution < -0.4 is 4.74 Å². The quantitative estimate of drug-likeness (QED) is 0.347. The van der Waals surface area contributed by atoms with E-state index in [1.54, 1.807) is 0 Å². The second kappa shape index (κ2) is 9.76. The minimum Gasteiger partial charge on any atom is -0.484 e. The number of methoxy groups -OCH3 is 1. The molecule has 0 fully saturated rings. The Morgan fingerprint density at radius 2 is 1.61 bits per heavy atom. The maximum Gasteiger partial charge on any atom is 0.305 e. The van der Waals surface area contributed by atoms with Gasteiger partial charge in [0.2, 0.25) is 5.89 Å². The molecule has 31 heavy (non-hydrogen) atoms. The molecule has 0 bridgehead atoms. The summed E-state index contributed by atoms with van der Waals surface area (Å²) < 4.78 is 16.7. The highest BCUT2D eigenvalue weighted by molar-refractivity contribution is 5.76. The highest BCUT2D eigenvalue weighted by atomic mass is 16.5. The van der Waals surface area contributed by atoms with Gasteiger partial charge in [-0.25, -0.2) is 4.98 Å². The third kappa shape index (κ3) is 5.20. The second-order valence-corrected chi connectivity index (χ2v) is 7.03. The molecule has 0 spiro atoms. The lowest BCUT2D eigenvalue weighted by atomic mass is 10.1. The summed E-state index contributed by atoms with van der Waals surface area (Å²) in [4.78, 5) is 16.1. The van der Waals surface area contributed by atoms with Gasteiger partial charge in [0.15, 0.2) is 12.4 Å². The third-order valence-corrected chi connectivity index (χ3v) is 4.86. The zero-order chi connectivity index (χ0) is 21.5. The van der Waals surface area contributed by atoms with E-state index in [0.717, 1.165) is 28.1 Å². The van der Waals surface area contributed by atoms with Crippen LogP contribution in [0.5, 0.6) is 5.75 Å². The molecule has 0 amide bonds. The minimum atomic E-state index is -0.229. The average molecular weight is 413 g/mol. The summed E-state index contributed by atoms with van der Waals surface area (Å²) in [5.41, 5.74) is 3.74. The van der Waals surface area contributed by atoms with E-state index in [1.165, 1.54) is 7.11 Å². The summed E-state index contributed by atoms with van der Waals surface area (Å²) in [7, 11) is 1.39. The lowest BCUT2D eigenvalue weighted by molar-refractivity contribution is -0.140. The predicted molar refractivity (Wildman–Crippen MR) is 118 cm³/mol. The molecule has 156 valence electrons. The second-order valence-electron chi connectivity index (χ2n) is 7.03. The molecular weight excluding hydrogens is 390 g/mol. The molecule has 0 aliphatic carbocycles. The monoisotopic (exact) mass is 413 g/mol. The maximum atomic E-state index is 11.4. The van der Waals surface area contributed by atoms with E-state index >= 15 is 0 Å². The van der Waals surface area contributed by atoms with E-state index in [1.807, 2.05) is 84.9 Å². The van der Waals surface area contributed by atoms with Gasteiger partial charge in [-0.15, -0.1) is 0 Å². The van der Waals surface area contributed by atoms with Crippen molar-refractivity contribution in [3.63, 3.8) is 0 Å². The Kier molecular flexibility index (Phi) is 6.43. The van der Waals surface area contributed by atoms with Gasteiger partial charge >= 0.3 is 5.97 Å². The van der Waals surface area contributed by atoms with Gasteiger partial charge in [0, 0.05) is 17.5 Å². The Balaban J connectivity index is 1.53. The summed E-state index contributed by atoms with van der Waals surface area (Å²) in [6.07, 6.45) is 0.930. The standard InChI is InChI=1S/C26H23NO4/c1-29-24(28)16-15-19-9-8-14-22(17-19)30-18-23-27-25(20-10-4-2-5-11-20)26(31-23)21-12-6-3-7-13-21/h2-14,17H,15-16,18H2,1H3. The van der Waals surface area contributed by atoms with Crippen LogP contribution in [0.3, 0.4) is 0 Å². The zero-order valence-corrected chi connectivity index (χ0v) is 17.3. The summed E-state index contributed by atoms with van der Waals surface area (Å²) in [6.45, 7) is 0.202. The van der Waals surface area contributed by atoms with Crippen molar-refractivity contribution in [3.05, 3.63) is 96.4 Å². The van der Waals surface area contributed by atoms with Crippen LogP contribution in [-0.2, 0) is 22.6 Å². The number of benzene rings is 3. The first-order valence-electron chi connectivity index (χ1n) is 10.1. The van der Waals surface area contributed by atoms with Crippen molar-refractivity contribution in [2.24, 2.45) is 0 Å². The number of nitrogens with zero attached hydrogens (tertiary/aromatic N) is 1. The van der Waals surface area contributed by atoms with Crippen LogP contribution in [0.1, 0.15) is 17.9 Å². The topological polar surface area (TPSA) is 61.6 Å². The van der Waals surface area contributed by atoms with Crippen LogP contribution in [0.25, 0.3) is 22.6 Å². The smallest absolute Gasteiger partial charge is 0.305 e. The van der Waals surface area contributed by atoms with Crippen molar-refractivity contribution >= 4 is 5.97 Å². The average Bonchev–Trinajstić information content (AvgIpc) is 3.27. The zero-order valence-electron chi connectivity index (χ0n) is 17.3. The molecule has 4 aromatic rings. The number of esters is 1. The fourth-order valence-corrected chi connectivity index (χ4v) is 3.29. The largest absolute Gasteiger partial charge is 0.484 e. The van der Waals surface area contributed by atoms with Crippen LogP contribution in [0.2, 0.25) is 0 Å². The Labute approximate surface area is 181 Å². The lowest BCUT2D eigenvalue weighted by Gasteiger charge is -2.06. The van der Waals surface area contributed by atoms with Gasteiger partial charge in [-0.05, 0) is 24.1 Å². The molecule has 5 heteroatoms. The van der Waals surface area contributed by atoms with Crippen LogP contribution in [0, 0.1) is 0 Å². The summed E-state index contributed by atoms with van der Waals surface area (Å²) in [5, 5.41) is 0. The molecule has 3 aromatic carbocycles. The fourth-order valence-electron chi connectivity index (χ4n) is 3.29. The number of carbonyl (C=O) groups excluding carboxylic acids is 1. The lowest BCUT2D eigenvalue weighted by Crippen LogP contribution is -2.02. The van der Waals surface area contributed by atoms with Crippen molar-refractivity contribution in [1.29, 1.82) is 0 Å². The maximum absolute atomic E-state index is 11.4. The molecular formula is C26H23NO4. The Morgan fingerprint density at radius 3 is 2.32 bits per heavy atom. The van der Waals surface area contributed by atoms with Gasteiger partial charge in [-0.3, -0.25) is 4.79 Å². The fraction of sp³-hybridized carbons (Fsp3) is 0.154. The van der Waals surface area contributed by atoms with E-state index in [2.05, 4.69) is 0 Å². The van der Waals surface area contributed by atoms with E-state index < -0.39 is 0 Å². The predicted octanol–water partition coefficient (Wildman–Crippen LogP) is 5.69. The number of oxazole rings is 1. The Bertz CT molecular complexity index is 1080. The molecule has 0 atom stereocenters. The minimum absolute atomic E-state index is 0.202. The Hall–Kier alpha value is -3.86. The van der Waals surface area contributed by atoms with E-state index in [4.69, 9.17) is 18.9 Å². The molecule has 0 aliphatic rings. The molecule has 4 rings (SSSR count). The van der Waals surface area contributed by atoms with Crippen LogP contribution >= 0.6 is 0 Å². The van der Waals surface area contributed by atoms with Crippen LogP contribution in [0.4, 0.5) is 0 Å². The van der Waals surface area contributed by atoms with E-state index in [-0.39, 0.29) is 12.6 Å². The molecule has 5 nitrogen and oxygen atoms in total. The van der Waals surface area contributed by atoms with E-state index in [9.17, 15) is 4.79 Å². The Morgan fingerprint density at radius 1 is 0.903 bits per heavy atom. The molecule has 1 heterocycles. The number of hydrogen-bond acceptors (Lipinski definition) is 5. The number of carbonyl (C=O) groups is 1. The third-order valence-electron chi connectivity index (χ3n) is 4.86. The number of ether oxygens (including phenoxy) is 2. The molecule has 0 unspecified atom stereocenters. The van der Waals surface area contributed by atoms with Gasteiger partial charge < -0.3 is 13.9 Å². The first kappa shape index (κ1) is 20.4. The molecule has 0 radical (unpaired) electrons. The summed E-state index contributed by atoms with van der Waals surface area (Å²) in [5.74, 6) is 1.69. The van der Waals surface area contributed by atoms with Crippen LogP contribution in [0.15, 0.2) is 89.3 Å².